The smallest absolute Gasteiger partial charge is 0.171 e. The van der Waals surface area contributed by atoms with Crippen LogP contribution in [-0.2, 0) is 6.54 Å². The summed E-state index contributed by atoms with van der Waals surface area (Å²) in [5, 5.41) is 3.73. The van der Waals surface area contributed by atoms with Crippen molar-refractivity contribution in [1.29, 1.82) is 0 Å². The number of thiocarbonyl (C=S) groups is 1. The number of nitrogens with zero attached hydrogens (tertiary/aromatic N) is 1. The van der Waals surface area contributed by atoms with Gasteiger partial charge >= 0.3 is 0 Å². The second kappa shape index (κ2) is 5.97. The van der Waals surface area contributed by atoms with Gasteiger partial charge in [0.1, 0.15) is 0 Å². The summed E-state index contributed by atoms with van der Waals surface area (Å²) in [4.78, 5) is 1.94. The van der Waals surface area contributed by atoms with Crippen LogP contribution < -0.4 is 16.0 Å². The molecule has 0 fully saturated rings. The van der Waals surface area contributed by atoms with Gasteiger partial charge in [0.05, 0.1) is 6.54 Å². The standard InChI is InChI=1S/C17H17N3S/c18-17(21)20(15-6-2-1-3-7-15)12-13-8-9-16-14(11-13)5-4-10-19-16/h1-9,11,19H,10,12H2,(H2,18,21). The SMILES string of the molecule is NC(=S)N(Cc1ccc2c(c1)C=CCN2)c1ccccc1. The molecule has 0 bridgehead atoms. The fourth-order valence-electron chi connectivity index (χ4n) is 2.45. The van der Waals surface area contributed by atoms with Gasteiger partial charge in [-0.05, 0) is 47.6 Å². The van der Waals surface area contributed by atoms with Crippen LogP contribution in [0.2, 0.25) is 0 Å². The van der Waals surface area contributed by atoms with Gasteiger partial charge in [0.2, 0.25) is 0 Å². The summed E-state index contributed by atoms with van der Waals surface area (Å²) in [5.74, 6) is 0. The molecule has 1 aliphatic rings. The summed E-state index contributed by atoms with van der Waals surface area (Å²) in [6.07, 6.45) is 4.26. The van der Waals surface area contributed by atoms with Crippen LogP contribution in [0.1, 0.15) is 11.1 Å². The zero-order chi connectivity index (χ0) is 14.7. The Hall–Kier alpha value is -2.33. The van der Waals surface area contributed by atoms with Crippen LogP contribution >= 0.6 is 12.2 Å². The van der Waals surface area contributed by atoms with Crippen molar-refractivity contribution in [3.8, 4) is 0 Å². The van der Waals surface area contributed by atoms with Crippen molar-refractivity contribution in [2.24, 2.45) is 5.73 Å². The zero-order valence-corrected chi connectivity index (χ0v) is 12.4. The number of hydrogen-bond acceptors (Lipinski definition) is 2. The molecule has 0 aliphatic carbocycles. The van der Waals surface area contributed by atoms with Crippen LogP contribution in [0.25, 0.3) is 6.08 Å². The summed E-state index contributed by atoms with van der Waals surface area (Å²) in [5.41, 5.74) is 10.4. The number of nitrogens with one attached hydrogen (secondary N) is 1. The molecule has 1 aliphatic heterocycles. The molecule has 106 valence electrons. The number of para-hydroxylation sites is 1. The third-order valence-electron chi connectivity index (χ3n) is 3.50. The van der Waals surface area contributed by atoms with Gasteiger partial charge in [-0.15, -0.1) is 0 Å². The average molecular weight is 295 g/mol. The molecular formula is C17H17N3S. The van der Waals surface area contributed by atoms with E-state index in [-0.39, 0.29) is 0 Å². The second-order valence-corrected chi connectivity index (χ2v) is 5.38. The molecule has 0 saturated heterocycles. The Labute approximate surface area is 130 Å². The van der Waals surface area contributed by atoms with Crippen molar-refractivity contribution < 1.29 is 0 Å². The first-order valence-corrected chi connectivity index (χ1v) is 7.30. The molecule has 3 rings (SSSR count). The van der Waals surface area contributed by atoms with Gasteiger partial charge in [-0.25, -0.2) is 0 Å². The van der Waals surface area contributed by atoms with E-state index in [4.69, 9.17) is 18.0 Å². The van der Waals surface area contributed by atoms with Gasteiger partial charge in [0.25, 0.3) is 0 Å². The highest BCUT2D eigenvalue weighted by atomic mass is 32.1. The van der Waals surface area contributed by atoms with Gasteiger partial charge in [-0.2, -0.15) is 0 Å². The third kappa shape index (κ3) is 3.06. The zero-order valence-electron chi connectivity index (χ0n) is 11.6. The van der Waals surface area contributed by atoms with Crippen LogP contribution in [0.15, 0.2) is 54.6 Å². The van der Waals surface area contributed by atoms with E-state index in [9.17, 15) is 0 Å². The van der Waals surface area contributed by atoms with Crippen molar-refractivity contribution >= 4 is 34.8 Å². The highest BCUT2D eigenvalue weighted by Crippen LogP contribution is 2.24. The van der Waals surface area contributed by atoms with Crippen molar-refractivity contribution in [1.82, 2.24) is 0 Å². The Kier molecular flexibility index (Phi) is 3.88. The molecular weight excluding hydrogens is 278 g/mol. The Morgan fingerprint density at radius 3 is 2.76 bits per heavy atom. The molecule has 0 radical (unpaired) electrons. The lowest BCUT2D eigenvalue weighted by atomic mass is 10.1. The Bertz CT molecular complexity index is 680. The van der Waals surface area contributed by atoms with E-state index < -0.39 is 0 Å². The van der Waals surface area contributed by atoms with E-state index >= 15 is 0 Å². The van der Waals surface area contributed by atoms with E-state index in [0.29, 0.717) is 11.7 Å². The molecule has 0 amide bonds. The Balaban J connectivity index is 1.87. The Morgan fingerprint density at radius 1 is 1.19 bits per heavy atom. The molecule has 0 atom stereocenters. The van der Waals surface area contributed by atoms with Gasteiger partial charge in [-0.1, -0.05) is 36.4 Å². The predicted octanol–water partition coefficient (Wildman–Crippen LogP) is 3.38. The van der Waals surface area contributed by atoms with E-state index in [0.717, 1.165) is 12.2 Å². The van der Waals surface area contributed by atoms with Gasteiger partial charge in [0.15, 0.2) is 5.11 Å². The number of rotatable bonds is 3. The first-order valence-electron chi connectivity index (χ1n) is 6.89. The molecule has 2 aromatic rings. The molecule has 21 heavy (non-hydrogen) atoms. The van der Waals surface area contributed by atoms with Crippen molar-refractivity contribution in [2.75, 3.05) is 16.8 Å². The highest BCUT2D eigenvalue weighted by molar-refractivity contribution is 7.80. The summed E-state index contributed by atoms with van der Waals surface area (Å²) < 4.78 is 0. The maximum atomic E-state index is 5.89. The molecule has 0 aromatic heterocycles. The molecule has 0 saturated carbocycles. The van der Waals surface area contributed by atoms with Crippen molar-refractivity contribution in [2.45, 2.75) is 6.54 Å². The molecule has 3 nitrogen and oxygen atoms in total. The number of nitrogens with two attached hydrogens (primary N) is 1. The predicted molar refractivity (Wildman–Crippen MR) is 93.4 cm³/mol. The maximum Gasteiger partial charge on any atom is 0.171 e. The molecule has 3 N–H and O–H groups in total. The lowest BCUT2D eigenvalue weighted by Gasteiger charge is -2.24. The minimum absolute atomic E-state index is 0.382. The van der Waals surface area contributed by atoms with Crippen LogP contribution in [0.5, 0.6) is 0 Å². The van der Waals surface area contributed by atoms with Crippen LogP contribution in [0.4, 0.5) is 11.4 Å². The van der Waals surface area contributed by atoms with Gasteiger partial charge < -0.3 is 16.0 Å². The lowest BCUT2D eigenvalue weighted by molar-refractivity contribution is 1.01. The molecule has 2 aromatic carbocycles. The average Bonchev–Trinajstić information content (AvgIpc) is 2.53. The monoisotopic (exact) mass is 295 g/mol. The first kappa shape index (κ1) is 13.6. The van der Waals surface area contributed by atoms with Crippen LogP contribution in [0.3, 0.4) is 0 Å². The third-order valence-corrected chi connectivity index (χ3v) is 3.72. The van der Waals surface area contributed by atoms with E-state index in [1.54, 1.807) is 0 Å². The summed E-state index contributed by atoms with van der Waals surface area (Å²) in [6, 6.07) is 16.4. The summed E-state index contributed by atoms with van der Waals surface area (Å²) in [6.45, 7) is 1.55. The van der Waals surface area contributed by atoms with E-state index in [1.807, 2.05) is 35.2 Å². The van der Waals surface area contributed by atoms with Crippen LogP contribution in [0, 0.1) is 0 Å². The van der Waals surface area contributed by atoms with E-state index in [2.05, 4.69) is 35.7 Å². The normalized spacial score (nSPS) is 12.4. The summed E-state index contributed by atoms with van der Waals surface area (Å²) >= 11 is 5.20. The molecule has 1 heterocycles. The topological polar surface area (TPSA) is 41.3 Å². The van der Waals surface area contributed by atoms with Crippen LogP contribution in [-0.4, -0.2) is 11.7 Å². The van der Waals surface area contributed by atoms with Crippen molar-refractivity contribution in [3.05, 3.63) is 65.7 Å². The number of benzene rings is 2. The second-order valence-electron chi connectivity index (χ2n) is 4.96. The molecule has 4 heteroatoms. The maximum absolute atomic E-state index is 5.89. The number of anilines is 2. The minimum atomic E-state index is 0.382. The van der Waals surface area contributed by atoms with Gasteiger partial charge in [-0.3, -0.25) is 0 Å². The minimum Gasteiger partial charge on any atom is -0.381 e. The fourth-order valence-corrected chi connectivity index (χ4v) is 2.62. The number of fused-ring (bicyclic) bond motifs is 1. The largest absolute Gasteiger partial charge is 0.381 e. The van der Waals surface area contributed by atoms with E-state index in [1.165, 1.54) is 16.8 Å². The van der Waals surface area contributed by atoms with Gasteiger partial charge in [0, 0.05) is 17.9 Å². The molecule has 0 unspecified atom stereocenters. The quantitative estimate of drug-likeness (QED) is 0.852. The van der Waals surface area contributed by atoms with Crippen molar-refractivity contribution in [3.63, 3.8) is 0 Å². The fraction of sp³-hybridized carbons (Fsp3) is 0.118. The number of hydrogen-bond donors (Lipinski definition) is 2. The lowest BCUT2D eigenvalue weighted by Crippen LogP contribution is -2.34. The molecule has 0 spiro atoms. The summed E-state index contributed by atoms with van der Waals surface area (Å²) in [7, 11) is 0. The first-order chi connectivity index (χ1) is 10.2. The highest BCUT2D eigenvalue weighted by Gasteiger charge is 2.11. The Morgan fingerprint density at radius 2 is 2.00 bits per heavy atom.